The van der Waals surface area contributed by atoms with Gasteiger partial charge >= 0.3 is 0 Å². The molecule has 1 saturated carbocycles. The maximum Gasteiger partial charge on any atom is 0.227 e. The maximum absolute atomic E-state index is 6.19. The van der Waals surface area contributed by atoms with Gasteiger partial charge in [-0.3, -0.25) is 0 Å². The number of aryl methyl sites for hydroxylation is 1. The molecule has 1 aliphatic carbocycles. The standard InChI is InChI=1S/C19H18N4O2/c1-11-23-15-7-6-12(8-16(15)24-11)14-9-20-18-17(14)19(22-10-21-18)25-13-4-2-3-5-13/h6-10,13H,2-5H2,1H3,(H,20,21,22). The third-order valence-electron chi connectivity index (χ3n) is 4.82. The van der Waals surface area contributed by atoms with Gasteiger partial charge in [-0.2, -0.15) is 0 Å². The van der Waals surface area contributed by atoms with Crippen LogP contribution in [0.5, 0.6) is 5.88 Å². The first-order valence-corrected chi connectivity index (χ1v) is 8.64. The van der Waals surface area contributed by atoms with E-state index >= 15 is 0 Å². The van der Waals surface area contributed by atoms with Gasteiger partial charge in [-0.25, -0.2) is 15.0 Å². The molecule has 0 aliphatic heterocycles. The highest BCUT2D eigenvalue weighted by molar-refractivity contribution is 5.98. The first-order chi connectivity index (χ1) is 12.3. The summed E-state index contributed by atoms with van der Waals surface area (Å²) in [4.78, 5) is 16.3. The monoisotopic (exact) mass is 334 g/mol. The van der Waals surface area contributed by atoms with Crippen molar-refractivity contribution >= 4 is 22.1 Å². The number of nitrogens with zero attached hydrogens (tertiary/aromatic N) is 3. The fourth-order valence-electron chi connectivity index (χ4n) is 3.62. The zero-order valence-corrected chi connectivity index (χ0v) is 14.0. The van der Waals surface area contributed by atoms with Crippen molar-refractivity contribution < 1.29 is 9.15 Å². The highest BCUT2D eigenvalue weighted by atomic mass is 16.5. The number of aromatic amines is 1. The predicted octanol–water partition coefficient (Wildman–Crippen LogP) is 4.40. The molecule has 5 rings (SSSR count). The number of fused-ring (bicyclic) bond motifs is 2. The largest absolute Gasteiger partial charge is 0.474 e. The Morgan fingerprint density at radius 2 is 2.08 bits per heavy atom. The Kier molecular flexibility index (Phi) is 3.23. The number of ether oxygens (including phenoxy) is 1. The van der Waals surface area contributed by atoms with E-state index in [1.54, 1.807) is 6.33 Å². The summed E-state index contributed by atoms with van der Waals surface area (Å²) in [5.74, 6) is 1.32. The second kappa shape index (κ2) is 5.58. The van der Waals surface area contributed by atoms with Crippen LogP contribution in [0.1, 0.15) is 31.6 Å². The number of hydrogen-bond donors (Lipinski definition) is 1. The SMILES string of the molecule is Cc1nc2ccc(-c3c[nH]c4ncnc(OC5CCCC5)c34)cc2o1. The first-order valence-electron chi connectivity index (χ1n) is 8.64. The summed E-state index contributed by atoms with van der Waals surface area (Å²) < 4.78 is 11.9. The Labute approximate surface area is 144 Å². The van der Waals surface area contributed by atoms with Crippen LogP contribution in [0.25, 0.3) is 33.3 Å². The molecular formula is C19H18N4O2. The second-order valence-corrected chi connectivity index (χ2v) is 6.54. The Bertz CT molecular complexity index is 1060. The molecule has 1 fully saturated rings. The fraction of sp³-hybridized carbons (Fsp3) is 0.316. The molecular weight excluding hydrogens is 316 g/mol. The van der Waals surface area contributed by atoms with E-state index in [1.807, 2.05) is 31.3 Å². The average Bonchev–Trinajstić information content (AvgIpc) is 3.32. The van der Waals surface area contributed by atoms with E-state index in [-0.39, 0.29) is 6.10 Å². The molecule has 1 aromatic carbocycles. The van der Waals surface area contributed by atoms with Crippen LogP contribution in [0.15, 0.2) is 35.1 Å². The Hall–Kier alpha value is -2.89. The molecule has 1 N–H and O–H groups in total. The van der Waals surface area contributed by atoms with Crippen molar-refractivity contribution in [3.8, 4) is 17.0 Å². The van der Waals surface area contributed by atoms with Gasteiger partial charge in [-0.05, 0) is 43.4 Å². The lowest BCUT2D eigenvalue weighted by molar-refractivity contribution is 0.204. The summed E-state index contributed by atoms with van der Waals surface area (Å²) in [7, 11) is 0. The van der Waals surface area contributed by atoms with Crippen molar-refractivity contribution in [1.29, 1.82) is 0 Å². The van der Waals surface area contributed by atoms with Crippen molar-refractivity contribution in [3.63, 3.8) is 0 Å². The van der Waals surface area contributed by atoms with E-state index in [0.717, 1.165) is 46.1 Å². The van der Waals surface area contributed by atoms with Crippen molar-refractivity contribution in [2.75, 3.05) is 0 Å². The summed E-state index contributed by atoms with van der Waals surface area (Å²) in [6.45, 7) is 1.85. The number of H-pyrrole nitrogens is 1. The van der Waals surface area contributed by atoms with Gasteiger partial charge in [0.2, 0.25) is 5.88 Å². The summed E-state index contributed by atoms with van der Waals surface area (Å²) in [6, 6.07) is 6.02. The van der Waals surface area contributed by atoms with Gasteiger partial charge in [0.1, 0.15) is 23.6 Å². The minimum Gasteiger partial charge on any atom is -0.474 e. The van der Waals surface area contributed by atoms with Crippen LogP contribution in [0.2, 0.25) is 0 Å². The van der Waals surface area contributed by atoms with Crippen molar-refractivity contribution in [1.82, 2.24) is 19.9 Å². The lowest BCUT2D eigenvalue weighted by Crippen LogP contribution is -2.12. The highest BCUT2D eigenvalue weighted by Gasteiger charge is 2.21. The van der Waals surface area contributed by atoms with Gasteiger partial charge in [0.05, 0.1) is 5.39 Å². The van der Waals surface area contributed by atoms with Crippen LogP contribution >= 0.6 is 0 Å². The van der Waals surface area contributed by atoms with Crippen LogP contribution in [0, 0.1) is 6.92 Å². The molecule has 0 atom stereocenters. The molecule has 0 bridgehead atoms. The Morgan fingerprint density at radius 3 is 2.96 bits per heavy atom. The van der Waals surface area contributed by atoms with Crippen LogP contribution in [0.3, 0.4) is 0 Å². The summed E-state index contributed by atoms with van der Waals surface area (Å²) in [6.07, 6.45) is 8.38. The van der Waals surface area contributed by atoms with E-state index in [9.17, 15) is 0 Å². The van der Waals surface area contributed by atoms with Crippen molar-refractivity contribution in [2.45, 2.75) is 38.7 Å². The number of rotatable bonds is 3. The van der Waals surface area contributed by atoms with Gasteiger partial charge < -0.3 is 14.1 Å². The van der Waals surface area contributed by atoms with Crippen LogP contribution < -0.4 is 4.74 Å². The number of benzene rings is 1. The Balaban J connectivity index is 1.64. The summed E-state index contributed by atoms with van der Waals surface area (Å²) >= 11 is 0. The van der Waals surface area contributed by atoms with Crippen LogP contribution in [-0.4, -0.2) is 26.0 Å². The molecule has 0 saturated heterocycles. The van der Waals surface area contributed by atoms with E-state index < -0.39 is 0 Å². The average molecular weight is 334 g/mol. The lowest BCUT2D eigenvalue weighted by Gasteiger charge is -2.13. The third-order valence-corrected chi connectivity index (χ3v) is 4.82. The number of nitrogens with one attached hydrogen (secondary N) is 1. The minimum absolute atomic E-state index is 0.250. The first kappa shape index (κ1) is 14.5. The van der Waals surface area contributed by atoms with E-state index in [0.29, 0.717) is 11.8 Å². The molecule has 0 spiro atoms. The normalized spacial score (nSPS) is 15.4. The molecule has 6 nitrogen and oxygen atoms in total. The zero-order valence-electron chi connectivity index (χ0n) is 14.0. The van der Waals surface area contributed by atoms with Gasteiger partial charge in [-0.1, -0.05) is 6.07 Å². The molecule has 1 aliphatic rings. The molecule has 0 amide bonds. The van der Waals surface area contributed by atoms with Gasteiger partial charge in [0.25, 0.3) is 0 Å². The van der Waals surface area contributed by atoms with E-state index in [4.69, 9.17) is 9.15 Å². The number of oxazole rings is 1. The van der Waals surface area contributed by atoms with Crippen LogP contribution in [-0.2, 0) is 0 Å². The van der Waals surface area contributed by atoms with Crippen molar-refractivity contribution in [3.05, 3.63) is 36.6 Å². The lowest BCUT2D eigenvalue weighted by atomic mass is 10.1. The van der Waals surface area contributed by atoms with E-state index in [1.165, 1.54) is 12.8 Å². The minimum atomic E-state index is 0.250. The Morgan fingerprint density at radius 1 is 1.20 bits per heavy atom. The molecule has 0 unspecified atom stereocenters. The second-order valence-electron chi connectivity index (χ2n) is 6.54. The molecule has 126 valence electrons. The zero-order chi connectivity index (χ0) is 16.8. The number of aromatic nitrogens is 4. The molecule has 0 radical (unpaired) electrons. The van der Waals surface area contributed by atoms with E-state index in [2.05, 4.69) is 19.9 Å². The maximum atomic E-state index is 6.19. The molecule has 25 heavy (non-hydrogen) atoms. The number of hydrogen-bond acceptors (Lipinski definition) is 5. The van der Waals surface area contributed by atoms with Crippen molar-refractivity contribution in [2.24, 2.45) is 0 Å². The smallest absolute Gasteiger partial charge is 0.227 e. The molecule has 3 aromatic heterocycles. The van der Waals surface area contributed by atoms with Gasteiger partial charge in [0.15, 0.2) is 11.5 Å². The third kappa shape index (κ3) is 2.45. The molecule has 4 aromatic rings. The molecule has 3 heterocycles. The van der Waals surface area contributed by atoms with Gasteiger partial charge in [0, 0.05) is 18.7 Å². The fourth-order valence-corrected chi connectivity index (χ4v) is 3.62. The predicted molar refractivity (Wildman–Crippen MR) is 94.5 cm³/mol. The van der Waals surface area contributed by atoms with Crippen LogP contribution in [0.4, 0.5) is 0 Å². The summed E-state index contributed by atoms with van der Waals surface area (Å²) in [5.41, 5.74) is 4.46. The topological polar surface area (TPSA) is 76.8 Å². The highest BCUT2D eigenvalue weighted by Crippen LogP contribution is 2.36. The quantitative estimate of drug-likeness (QED) is 0.601. The summed E-state index contributed by atoms with van der Waals surface area (Å²) in [5, 5.41) is 0.921. The molecule has 6 heteroatoms. The van der Waals surface area contributed by atoms with Gasteiger partial charge in [-0.15, -0.1) is 0 Å².